The molecule has 1 saturated heterocycles. The van der Waals surface area contributed by atoms with E-state index in [2.05, 4.69) is 15.1 Å². The molecule has 2 aromatic rings. The van der Waals surface area contributed by atoms with Gasteiger partial charge in [-0.25, -0.2) is 9.97 Å². The maximum Gasteiger partial charge on any atom is 0.251 e. The van der Waals surface area contributed by atoms with Gasteiger partial charge in [0, 0.05) is 12.6 Å². The molecule has 0 radical (unpaired) electrons. The summed E-state index contributed by atoms with van der Waals surface area (Å²) in [6.07, 6.45) is 2.47. The van der Waals surface area contributed by atoms with Crippen LogP contribution < -0.4 is 11.5 Å². The van der Waals surface area contributed by atoms with Crippen molar-refractivity contribution in [2.45, 2.75) is 31.7 Å². The number of aromatic nitrogens is 3. The molecular weight excluding hydrogens is 276 g/mol. The van der Waals surface area contributed by atoms with E-state index in [0.29, 0.717) is 17.5 Å². The third-order valence-electron chi connectivity index (χ3n) is 3.71. The van der Waals surface area contributed by atoms with Gasteiger partial charge < -0.3 is 20.8 Å². The van der Waals surface area contributed by atoms with Gasteiger partial charge in [0.2, 0.25) is 0 Å². The predicted molar refractivity (Wildman–Crippen MR) is 74.2 cm³/mol. The Morgan fingerprint density at radius 3 is 2.90 bits per heavy atom. The number of carbonyl (C=O) groups excluding carboxylic acids is 1. The van der Waals surface area contributed by atoms with Crippen LogP contribution in [-0.2, 0) is 4.74 Å². The fourth-order valence-corrected chi connectivity index (χ4v) is 2.61. The molecule has 0 aliphatic carbocycles. The van der Waals surface area contributed by atoms with Gasteiger partial charge in [0.1, 0.15) is 30.1 Å². The minimum atomic E-state index is -0.628. The number of primary amides is 1. The van der Waals surface area contributed by atoms with Crippen molar-refractivity contribution in [2.24, 2.45) is 10.9 Å². The highest BCUT2D eigenvalue weighted by atomic mass is 16.5. The number of amides is 1. The summed E-state index contributed by atoms with van der Waals surface area (Å²) in [6.45, 7) is 1.77. The Balaban J connectivity index is 2.14. The lowest BCUT2D eigenvalue weighted by Crippen LogP contribution is -2.13. The molecule has 9 nitrogen and oxygen atoms in total. The summed E-state index contributed by atoms with van der Waals surface area (Å²) >= 11 is 0. The van der Waals surface area contributed by atoms with Gasteiger partial charge in [0.05, 0.1) is 17.1 Å². The van der Waals surface area contributed by atoms with Gasteiger partial charge in [-0.3, -0.25) is 4.79 Å². The van der Waals surface area contributed by atoms with Crippen LogP contribution in [0.2, 0.25) is 0 Å². The summed E-state index contributed by atoms with van der Waals surface area (Å²) in [4.78, 5) is 30.3. The number of nitrogens with zero attached hydrogens (tertiary/aromatic N) is 4. The predicted octanol–water partition coefficient (Wildman–Crippen LogP) is 0.555. The molecule has 9 heteroatoms. The van der Waals surface area contributed by atoms with E-state index in [4.69, 9.17) is 16.2 Å². The molecule has 1 aliphatic rings. The van der Waals surface area contributed by atoms with Crippen LogP contribution in [-0.4, -0.2) is 32.6 Å². The van der Waals surface area contributed by atoms with Gasteiger partial charge in [0.25, 0.3) is 5.91 Å². The van der Waals surface area contributed by atoms with Crippen molar-refractivity contribution in [3.63, 3.8) is 0 Å². The normalized spacial score (nSPS) is 25.3. The number of ether oxygens (including phenoxy) is 1. The number of rotatable bonds is 3. The summed E-state index contributed by atoms with van der Waals surface area (Å²) in [7, 11) is 0. The van der Waals surface area contributed by atoms with Gasteiger partial charge in [-0.2, -0.15) is 4.91 Å². The standard InChI is InChI=1S/C12H14N6O3/c1-5-7(17-20)2-8(21-5)18-3-6(11(14)19)9-10(13)15-4-16-12(9)18/h3-5,7-8H,2H2,1H3,(H2,14,19)(H2,13,15,16)/t5-,7?,8-/m1/s1. The third-order valence-corrected chi connectivity index (χ3v) is 3.71. The number of fused-ring (bicyclic) bond motifs is 1. The Labute approximate surface area is 119 Å². The van der Waals surface area contributed by atoms with Crippen molar-refractivity contribution < 1.29 is 9.53 Å². The minimum Gasteiger partial charge on any atom is -0.383 e. The molecule has 1 unspecified atom stereocenters. The zero-order valence-electron chi connectivity index (χ0n) is 11.3. The van der Waals surface area contributed by atoms with Crippen LogP contribution in [0.15, 0.2) is 17.7 Å². The molecule has 0 aromatic carbocycles. The van der Waals surface area contributed by atoms with E-state index in [0.717, 1.165) is 0 Å². The lowest BCUT2D eigenvalue weighted by Gasteiger charge is -2.13. The number of carbonyl (C=O) groups is 1. The molecule has 3 rings (SSSR count). The Kier molecular flexibility index (Phi) is 3.05. The van der Waals surface area contributed by atoms with Crippen molar-refractivity contribution in [3.8, 4) is 0 Å². The van der Waals surface area contributed by atoms with Gasteiger partial charge >= 0.3 is 0 Å². The second-order valence-corrected chi connectivity index (χ2v) is 4.98. The van der Waals surface area contributed by atoms with Gasteiger partial charge in [-0.1, -0.05) is 5.18 Å². The van der Waals surface area contributed by atoms with E-state index in [1.165, 1.54) is 12.5 Å². The maximum absolute atomic E-state index is 11.6. The van der Waals surface area contributed by atoms with Crippen LogP contribution in [0.5, 0.6) is 0 Å². The van der Waals surface area contributed by atoms with Gasteiger partial charge in [-0.05, 0) is 6.92 Å². The van der Waals surface area contributed by atoms with Crippen LogP contribution in [0.3, 0.4) is 0 Å². The summed E-state index contributed by atoms with van der Waals surface area (Å²) in [5.74, 6) is -0.458. The van der Waals surface area contributed by atoms with E-state index < -0.39 is 18.2 Å². The highest BCUT2D eigenvalue weighted by Crippen LogP contribution is 2.34. The van der Waals surface area contributed by atoms with Crippen LogP contribution >= 0.6 is 0 Å². The largest absolute Gasteiger partial charge is 0.383 e. The van der Waals surface area contributed by atoms with Gasteiger partial charge in [-0.15, -0.1) is 0 Å². The Morgan fingerprint density at radius 2 is 2.29 bits per heavy atom. The molecule has 1 aliphatic heterocycles. The van der Waals surface area contributed by atoms with Crippen molar-refractivity contribution in [2.75, 3.05) is 5.73 Å². The summed E-state index contributed by atoms with van der Waals surface area (Å²) in [5, 5.41) is 3.44. The molecule has 21 heavy (non-hydrogen) atoms. The number of hydrogen-bond donors (Lipinski definition) is 2. The monoisotopic (exact) mass is 290 g/mol. The molecule has 1 amide bonds. The number of nitrogen functional groups attached to an aromatic ring is 1. The topological polar surface area (TPSA) is 138 Å². The highest BCUT2D eigenvalue weighted by molar-refractivity contribution is 6.08. The average Bonchev–Trinajstić information content (AvgIpc) is 3.00. The SMILES string of the molecule is C[C@H]1O[C@@H](n2cc(C(N)=O)c3c(N)ncnc32)CC1N=O. The van der Waals surface area contributed by atoms with Crippen molar-refractivity contribution in [3.05, 3.63) is 23.0 Å². The van der Waals surface area contributed by atoms with E-state index in [9.17, 15) is 9.70 Å². The Bertz CT molecular complexity index is 727. The first-order valence-electron chi connectivity index (χ1n) is 6.41. The minimum absolute atomic E-state index is 0.170. The third kappa shape index (κ3) is 2.02. The molecule has 110 valence electrons. The van der Waals surface area contributed by atoms with Crippen LogP contribution in [0.25, 0.3) is 11.0 Å². The molecule has 4 N–H and O–H groups in total. The Hall–Kier alpha value is -2.55. The number of nitrogens with two attached hydrogens (primary N) is 2. The van der Waals surface area contributed by atoms with Crippen molar-refractivity contribution in [1.29, 1.82) is 0 Å². The summed E-state index contributed by atoms with van der Waals surface area (Å²) in [6, 6.07) is -0.441. The fraction of sp³-hybridized carbons (Fsp3) is 0.417. The number of nitroso groups, excluding NO2 is 1. The molecule has 1 fully saturated rings. The zero-order chi connectivity index (χ0) is 15.1. The molecule has 0 saturated carbocycles. The molecule has 2 aromatic heterocycles. The van der Waals surface area contributed by atoms with Crippen LogP contribution in [0.4, 0.5) is 5.82 Å². The first-order chi connectivity index (χ1) is 10.0. The number of anilines is 1. The quantitative estimate of drug-likeness (QED) is 0.791. The first kappa shape index (κ1) is 13.4. The number of hydrogen-bond acceptors (Lipinski definition) is 7. The smallest absolute Gasteiger partial charge is 0.251 e. The van der Waals surface area contributed by atoms with Gasteiger partial charge in [0.15, 0.2) is 0 Å². The van der Waals surface area contributed by atoms with Crippen LogP contribution in [0.1, 0.15) is 29.9 Å². The zero-order valence-corrected chi connectivity index (χ0v) is 11.3. The maximum atomic E-state index is 11.6. The lowest BCUT2D eigenvalue weighted by atomic mass is 10.2. The molecule has 0 spiro atoms. The Morgan fingerprint density at radius 1 is 1.52 bits per heavy atom. The molecule has 0 bridgehead atoms. The second kappa shape index (κ2) is 4.77. The average molecular weight is 290 g/mol. The first-order valence-corrected chi connectivity index (χ1v) is 6.41. The summed E-state index contributed by atoms with van der Waals surface area (Å²) < 4.78 is 7.36. The molecule has 3 heterocycles. The lowest BCUT2D eigenvalue weighted by molar-refractivity contribution is 0.0115. The fourth-order valence-electron chi connectivity index (χ4n) is 2.61. The highest BCUT2D eigenvalue weighted by Gasteiger charge is 2.35. The van der Waals surface area contributed by atoms with Crippen LogP contribution in [0, 0.1) is 4.91 Å². The van der Waals surface area contributed by atoms with E-state index in [1.54, 1.807) is 11.5 Å². The van der Waals surface area contributed by atoms with Crippen molar-refractivity contribution >= 4 is 22.8 Å². The van der Waals surface area contributed by atoms with E-state index >= 15 is 0 Å². The van der Waals surface area contributed by atoms with E-state index in [-0.39, 0.29) is 17.5 Å². The second-order valence-electron chi connectivity index (χ2n) is 4.98. The molecular formula is C12H14N6O3. The summed E-state index contributed by atoms with van der Waals surface area (Å²) in [5.41, 5.74) is 11.8. The molecule has 3 atom stereocenters. The van der Waals surface area contributed by atoms with Crippen molar-refractivity contribution in [1.82, 2.24) is 14.5 Å². The van der Waals surface area contributed by atoms with E-state index in [1.807, 2.05) is 0 Å².